The maximum atomic E-state index is 12.7. The number of rotatable bonds is 6. The van der Waals surface area contributed by atoms with Gasteiger partial charge < -0.3 is 15.0 Å². The number of nitrogens with one attached hydrogen (secondary N) is 1. The predicted molar refractivity (Wildman–Crippen MR) is 110 cm³/mol. The summed E-state index contributed by atoms with van der Waals surface area (Å²) in [6.45, 7) is 7.14. The molecule has 1 unspecified atom stereocenters. The summed E-state index contributed by atoms with van der Waals surface area (Å²) in [6.07, 6.45) is 2.55. The van der Waals surface area contributed by atoms with Gasteiger partial charge in [0, 0.05) is 24.0 Å². The number of benzene rings is 2. The molecule has 1 N–H and O–H groups in total. The number of carbonyl (C=O) groups is 1. The van der Waals surface area contributed by atoms with Crippen molar-refractivity contribution >= 4 is 11.6 Å². The van der Waals surface area contributed by atoms with Gasteiger partial charge in [-0.2, -0.15) is 5.26 Å². The van der Waals surface area contributed by atoms with E-state index in [-0.39, 0.29) is 17.5 Å². The van der Waals surface area contributed by atoms with E-state index in [0.29, 0.717) is 6.61 Å². The molecule has 2 aromatic carbocycles. The van der Waals surface area contributed by atoms with Gasteiger partial charge in [-0.05, 0) is 44.9 Å². The van der Waals surface area contributed by atoms with Gasteiger partial charge in [-0.15, -0.1) is 0 Å². The third-order valence-corrected chi connectivity index (χ3v) is 4.85. The summed E-state index contributed by atoms with van der Waals surface area (Å²) in [5.41, 5.74) is 4.36. The van der Waals surface area contributed by atoms with E-state index >= 15 is 0 Å². The molecule has 2 aromatic rings. The first-order valence-electron chi connectivity index (χ1n) is 9.54. The van der Waals surface area contributed by atoms with Crippen molar-refractivity contribution in [2.75, 3.05) is 18.1 Å². The Balaban J connectivity index is 1.78. The third-order valence-electron chi connectivity index (χ3n) is 4.85. The number of hydrogen-bond acceptors (Lipinski definition) is 4. The zero-order chi connectivity index (χ0) is 20.1. The van der Waals surface area contributed by atoms with Crippen LogP contribution in [0.15, 0.2) is 54.2 Å². The van der Waals surface area contributed by atoms with Gasteiger partial charge in [0.15, 0.2) is 0 Å². The molecule has 1 aliphatic heterocycles. The molecule has 0 fully saturated rings. The van der Waals surface area contributed by atoms with E-state index < -0.39 is 0 Å². The largest absolute Gasteiger partial charge is 0.494 e. The highest BCUT2D eigenvalue weighted by Crippen LogP contribution is 2.29. The molecule has 0 aliphatic carbocycles. The average molecular weight is 375 g/mol. The summed E-state index contributed by atoms with van der Waals surface area (Å²) in [5, 5.41) is 12.5. The van der Waals surface area contributed by atoms with Crippen molar-refractivity contribution in [3.8, 4) is 11.8 Å². The molecule has 1 amide bonds. The Morgan fingerprint density at radius 1 is 1.36 bits per heavy atom. The topological polar surface area (TPSA) is 65.4 Å². The Morgan fingerprint density at radius 2 is 2.14 bits per heavy atom. The Morgan fingerprint density at radius 3 is 2.89 bits per heavy atom. The zero-order valence-corrected chi connectivity index (χ0v) is 16.5. The first-order valence-corrected chi connectivity index (χ1v) is 9.54. The number of nitrogens with zero attached hydrogens (tertiary/aromatic N) is 2. The minimum absolute atomic E-state index is 0.0918. The van der Waals surface area contributed by atoms with Crippen molar-refractivity contribution in [1.29, 1.82) is 5.26 Å². The lowest BCUT2D eigenvalue weighted by Crippen LogP contribution is -2.29. The smallest absolute Gasteiger partial charge is 0.263 e. The van der Waals surface area contributed by atoms with Crippen LogP contribution in [-0.4, -0.2) is 19.1 Å². The summed E-state index contributed by atoms with van der Waals surface area (Å²) in [4.78, 5) is 14.7. The van der Waals surface area contributed by atoms with Gasteiger partial charge in [-0.3, -0.25) is 4.79 Å². The van der Waals surface area contributed by atoms with Crippen molar-refractivity contribution < 1.29 is 9.53 Å². The van der Waals surface area contributed by atoms with Crippen LogP contribution in [0.25, 0.3) is 0 Å². The molecule has 5 nitrogen and oxygen atoms in total. The van der Waals surface area contributed by atoms with Crippen LogP contribution in [0.2, 0.25) is 0 Å². The monoisotopic (exact) mass is 375 g/mol. The highest BCUT2D eigenvalue weighted by molar-refractivity contribution is 5.98. The highest BCUT2D eigenvalue weighted by Gasteiger charge is 2.21. The molecule has 144 valence electrons. The van der Waals surface area contributed by atoms with Gasteiger partial charge in [0.1, 0.15) is 17.4 Å². The lowest BCUT2D eigenvalue weighted by Gasteiger charge is -2.19. The molecule has 1 atom stereocenters. The lowest BCUT2D eigenvalue weighted by molar-refractivity contribution is -0.117. The minimum Gasteiger partial charge on any atom is -0.494 e. The molecular formula is C23H25N3O2. The standard InChI is InChI=1S/C23H25N3O2/c1-4-28-22-10-9-16(2)13-20(22)17(3)25-23(27)19(14-24)15-26-12-11-18-7-5-6-8-21(18)26/h5-10,13,15,17H,4,11-12H2,1-3H3,(H,25,27)/b19-15-. The summed E-state index contributed by atoms with van der Waals surface area (Å²) in [5.74, 6) is 0.361. The maximum Gasteiger partial charge on any atom is 0.263 e. The van der Waals surface area contributed by atoms with E-state index in [4.69, 9.17) is 4.74 Å². The number of anilines is 1. The van der Waals surface area contributed by atoms with Crippen molar-refractivity contribution in [3.63, 3.8) is 0 Å². The van der Waals surface area contributed by atoms with Crippen LogP contribution >= 0.6 is 0 Å². The normalized spacial score (nSPS) is 14.2. The Labute approximate surface area is 166 Å². The fourth-order valence-electron chi connectivity index (χ4n) is 3.44. The number of aryl methyl sites for hydroxylation is 1. The van der Waals surface area contributed by atoms with E-state index in [1.165, 1.54) is 5.56 Å². The van der Waals surface area contributed by atoms with Gasteiger partial charge >= 0.3 is 0 Å². The predicted octanol–water partition coefficient (Wildman–Crippen LogP) is 4.04. The SMILES string of the molecule is CCOc1ccc(C)cc1C(C)NC(=O)/C(C#N)=C\N1CCc2ccccc21. The number of amides is 1. The minimum atomic E-state index is -0.386. The van der Waals surface area contributed by atoms with Gasteiger partial charge in [0.25, 0.3) is 5.91 Å². The van der Waals surface area contributed by atoms with Gasteiger partial charge in [-0.1, -0.05) is 35.9 Å². The molecule has 0 saturated heterocycles. The third kappa shape index (κ3) is 4.17. The first-order chi connectivity index (χ1) is 13.5. The molecule has 0 spiro atoms. The number of para-hydroxylation sites is 1. The number of nitriles is 1. The average Bonchev–Trinajstić information content (AvgIpc) is 3.10. The number of fused-ring (bicyclic) bond motifs is 1. The molecule has 0 bridgehead atoms. The van der Waals surface area contributed by atoms with Crippen molar-refractivity contribution in [2.45, 2.75) is 33.2 Å². The summed E-state index contributed by atoms with van der Waals surface area (Å²) in [6, 6.07) is 15.7. The van der Waals surface area contributed by atoms with Crippen LogP contribution in [0.3, 0.4) is 0 Å². The van der Waals surface area contributed by atoms with Gasteiger partial charge in [-0.25, -0.2) is 0 Å². The van der Waals surface area contributed by atoms with Gasteiger partial charge in [0.05, 0.1) is 12.6 Å². The van der Waals surface area contributed by atoms with Crippen molar-refractivity contribution in [3.05, 3.63) is 70.9 Å². The molecule has 28 heavy (non-hydrogen) atoms. The summed E-state index contributed by atoms with van der Waals surface area (Å²) >= 11 is 0. The highest BCUT2D eigenvalue weighted by atomic mass is 16.5. The first kappa shape index (κ1) is 19.5. The fraction of sp³-hybridized carbons (Fsp3) is 0.304. The number of hydrogen-bond donors (Lipinski definition) is 1. The van der Waals surface area contributed by atoms with Gasteiger partial charge in [0.2, 0.25) is 0 Å². The Hall–Kier alpha value is -3.26. The lowest BCUT2D eigenvalue weighted by atomic mass is 10.0. The maximum absolute atomic E-state index is 12.7. The molecule has 3 rings (SSSR count). The molecule has 1 aliphatic rings. The zero-order valence-electron chi connectivity index (χ0n) is 16.5. The van der Waals surface area contributed by atoms with E-state index in [1.807, 2.05) is 68.1 Å². The van der Waals surface area contributed by atoms with Crippen LogP contribution in [0.4, 0.5) is 5.69 Å². The van der Waals surface area contributed by atoms with E-state index in [0.717, 1.165) is 35.5 Å². The molecule has 0 saturated carbocycles. The van der Waals surface area contributed by atoms with E-state index in [9.17, 15) is 10.1 Å². The summed E-state index contributed by atoms with van der Waals surface area (Å²) < 4.78 is 5.69. The Bertz CT molecular complexity index is 943. The second-order valence-corrected chi connectivity index (χ2v) is 6.90. The van der Waals surface area contributed by atoms with Crippen LogP contribution in [-0.2, 0) is 11.2 Å². The van der Waals surface area contributed by atoms with E-state index in [2.05, 4.69) is 11.4 Å². The molecule has 1 heterocycles. The Kier molecular flexibility index (Phi) is 6.00. The number of carbonyl (C=O) groups excluding carboxylic acids is 1. The van der Waals surface area contributed by atoms with Crippen LogP contribution in [0.1, 0.15) is 36.6 Å². The summed E-state index contributed by atoms with van der Waals surface area (Å²) in [7, 11) is 0. The van der Waals surface area contributed by atoms with Crippen LogP contribution in [0, 0.1) is 18.3 Å². The molecule has 0 radical (unpaired) electrons. The molecule has 0 aromatic heterocycles. The number of ether oxygens (including phenoxy) is 1. The van der Waals surface area contributed by atoms with Crippen LogP contribution < -0.4 is 15.0 Å². The van der Waals surface area contributed by atoms with Crippen molar-refractivity contribution in [2.24, 2.45) is 0 Å². The quantitative estimate of drug-likeness (QED) is 0.611. The second-order valence-electron chi connectivity index (χ2n) is 6.90. The van der Waals surface area contributed by atoms with E-state index in [1.54, 1.807) is 6.20 Å². The molecular weight excluding hydrogens is 350 g/mol. The molecule has 5 heteroatoms. The van der Waals surface area contributed by atoms with Crippen molar-refractivity contribution in [1.82, 2.24) is 5.32 Å². The van der Waals surface area contributed by atoms with Crippen LogP contribution in [0.5, 0.6) is 5.75 Å². The second kappa shape index (κ2) is 8.62. The fourth-order valence-corrected chi connectivity index (χ4v) is 3.44.